The second kappa shape index (κ2) is 8.71. The van der Waals surface area contributed by atoms with Crippen LogP contribution in [0.5, 0.6) is 0 Å². The first-order valence-electron chi connectivity index (χ1n) is 9.55. The summed E-state index contributed by atoms with van der Waals surface area (Å²) in [6.07, 6.45) is 1.62. The average molecular weight is 365 g/mol. The molecule has 0 bridgehead atoms. The Labute approximate surface area is 160 Å². The normalized spacial score (nSPS) is 16.9. The number of amides is 3. The van der Waals surface area contributed by atoms with E-state index in [1.54, 1.807) is 4.90 Å². The molecule has 1 fully saturated rings. The van der Waals surface area contributed by atoms with Gasteiger partial charge in [-0.05, 0) is 42.5 Å². The molecule has 0 spiro atoms. The average Bonchev–Trinajstić information content (AvgIpc) is 2.69. The van der Waals surface area contributed by atoms with E-state index in [1.165, 1.54) is 0 Å². The topological polar surface area (TPSA) is 61.4 Å². The first kappa shape index (κ1) is 19.0. The zero-order chi connectivity index (χ0) is 19.2. The van der Waals surface area contributed by atoms with Crippen LogP contribution in [0.1, 0.15) is 38.2 Å². The zero-order valence-electron chi connectivity index (χ0n) is 15.9. The molecule has 0 unspecified atom stereocenters. The Bertz CT molecular complexity index is 789. The van der Waals surface area contributed by atoms with E-state index < -0.39 is 0 Å². The maximum absolute atomic E-state index is 12.8. The maximum atomic E-state index is 12.8. The molecule has 1 aliphatic rings. The van der Waals surface area contributed by atoms with E-state index in [2.05, 4.69) is 24.5 Å². The minimum atomic E-state index is -0.194. The van der Waals surface area contributed by atoms with Crippen molar-refractivity contribution in [1.29, 1.82) is 0 Å². The molecule has 0 aromatic heterocycles. The van der Waals surface area contributed by atoms with Crippen molar-refractivity contribution in [3.05, 3.63) is 60.2 Å². The third kappa shape index (κ3) is 4.88. The molecule has 1 atom stereocenters. The predicted molar refractivity (Wildman–Crippen MR) is 109 cm³/mol. The zero-order valence-corrected chi connectivity index (χ0v) is 15.9. The third-order valence-corrected chi connectivity index (χ3v) is 4.95. The Balaban J connectivity index is 1.62. The molecule has 5 heteroatoms. The van der Waals surface area contributed by atoms with Gasteiger partial charge in [0.25, 0.3) is 0 Å². The Morgan fingerprint density at radius 2 is 1.70 bits per heavy atom. The number of anilines is 2. The van der Waals surface area contributed by atoms with Crippen LogP contribution >= 0.6 is 0 Å². The summed E-state index contributed by atoms with van der Waals surface area (Å²) in [5, 5.41) is 5.97. The molecule has 1 aliphatic heterocycles. The summed E-state index contributed by atoms with van der Waals surface area (Å²) >= 11 is 0. The first-order valence-corrected chi connectivity index (χ1v) is 9.55. The van der Waals surface area contributed by atoms with E-state index in [0.717, 1.165) is 29.8 Å². The number of nitrogens with one attached hydrogen (secondary N) is 2. The van der Waals surface area contributed by atoms with Crippen LogP contribution in [0.2, 0.25) is 0 Å². The molecular formula is C22H27N3O2. The van der Waals surface area contributed by atoms with Gasteiger partial charge in [-0.3, -0.25) is 4.79 Å². The maximum Gasteiger partial charge on any atom is 0.321 e. The van der Waals surface area contributed by atoms with Crippen molar-refractivity contribution in [3.63, 3.8) is 0 Å². The third-order valence-electron chi connectivity index (χ3n) is 4.95. The second-order valence-corrected chi connectivity index (χ2v) is 7.31. The number of para-hydroxylation sites is 2. The Morgan fingerprint density at radius 3 is 2.44 bits per heavy atom. The van der Waals surface area contributed by atoms with Crippen molar-refractivity contribution >= 4 is 23.3 Å². The molecule has 3 rings (SSSR count). The number of urea groups is 1. The lowest BCUT2D eigenvalue weighted by atomic mass is 9.96. The lowest BCUT2D eigenvalue weighted by molar-refractivity contribution is -0.121. The van der Waals surface area contributed by atoms with Crippen molar-refractivity contribution < 1.29 is 9.59 Å². The van der Waals surface area contributed by atoms with Crippen LogP contribution in [0.15, 0.2) is 54.6 Å². The molecule has 142 valence electrons. The molecule has 3 amide bonds. The first-order chi connectivity index (χ1) is 13.0. The van der Waals surface area contributed by atoms with Gasteiger partial charge < -0.3 is 15.5 Å². The number of carbonyl (C=O) groups is 2. The standard InChI is InChI=1S/C22H27N3O2/c1-16(2)19-12-6-7-13-20(19)24-21(26)17-9-8-14-25(15-17)22(27)23-18-10-4-3-5-11-18/h3-7,10-13,16-17H,8-9,14-15H2,1-2H3,(H,23,27)(H,24,26)/t17-/m0/s1. The lowest BCUT2D eigenvalue weighted by Crippen LogP contribution is -2.45. The van der Waals surface area contributed by atoms with Crippen LogP contribution in [-0.4, -0.2) is 29.9 Å². The van der Waals surface area contributed by atoms with Crippen molar-refractivity contribution in [2.45, 2.75) is 32.6 Å². The summed E-state index contributed by atoms with van der Waals surface area (Å²) in [4.78, 5) is 27.1. The highest BCUT2D eigenvalue weighted by molar-refractivity contribution is 5.94. The minimum Gasteiger partial charge on any atom is -0.326 e. The smallest absolute Gasteiger partial charge is 0.321 e. The van der Waals surface area contributed by atoms with Gasteiger partial charge in [-0.2, -0.15) is 0 Å². The van der Waals surface area contributed by atoms with Crippen LogP contribution in [0.3, 0.4) is 0 Å². The fraction of sp³-hybridized carbons (Fsp3) is 0.364. The van der Waals surface area contributed by atoms with Crippen molar-refractivity contribution in [2.24, 2.45) is 5.92 Å². The summed E-state index contributed by atoms with van der Waals surface area (Å²) in [6.45, 7) is 5.34. The SMILES string of the molecule is CC(C)c1ccccc1NC(=O)[C@H]1CCCN(C(=O)Nc2ccccc2)C1. The molecule has 1 saturated heterocycles. The summed E-state index contributed by atoms with van der Waals surface area (Å²) in [6, 6.07) is 17.1. The Morgan fingerprint density at radius 1 is 1.00 bits per heavy atom. The lowest BCUT2D eigenvalue weighted by Gasteiger charge is -2.32. The molecule has 0 radical (unpaired) electrons. The fourth-order valence-electron chi connectivity index (χ4n) is 3.45. The van der Waals surface area contributed by atoms with Gasteiger partial charge in [-0.1, -0.05) is 50.2 Å². The van der Waals surface area contributed by atoms with E-state index in [4.69, 9.17) is 0 Å². The number of carbonyl (C=O) groups excluding carboxylic acids is 2. The second-order valence-electron chi connectivity index (χ2n) is 7.31. The quantitative estimate of drug-likeness (QED) is 0.825. The molecule has 0 aliphatic carbocycles. The van der Waals surface area contributed by atoms with Crippen molar-refractivity contribution in [1.82, 2.24) is 4.90 Å². The van der Waals surface area contributed by atoms with E-state index in [-0.39, 0.29) is 17.9 Å². The molecule has 2 aromatic rings. The van der Waals surface area contributed by atoms with Gasteiger partial charge in [0, 0.05) is 24.5 Å². The van der Waals surface area contributed by atoms with E-state index in [1.807, 2.05) is 54.6 Å². The molecule has 2 N–H and O–H groups in total. The number of hydrogen-bond acceptors (Lipinski definition) is 2. The molecular weight excluding hydrogens is 338 g/mol. The number of likely N-dealkylation sites (tertiary alicyclic amines) is 1. The van der Waals surface area contributed by atoms with Crippen LogP contribution < -0.4 is 10.6 Å². The van der Waals surface area contributed by atoms with Gasteiger partial charge in [0.15, 0.2) is 0 Å². The minimum absolute atomic E-state index is 0.0136. The number of hydrogen-bond donors (Lipinski definition) is 2. The molecule has 5 nitrogen and oxygen atoms in total. The van der Waals surface area contributed by atoms with Crippen molar-refractivity contribution in [2.75, 3.05) is 23.7 Å². The number of rotatable bonds is 4. The molecule has 27 heavy (non-hydrogen) atoms. The van der Waals surface area contributed by atoms with E-state index in [9.17, 15) is 9.59 Å². The number of nitrogens with zero attached hydrogens (tertiary/aromatic N) is 1. The van der Waals surface area contributed by atoms with Gasteiger partial charge >= 0.3 is 6.03 Å². The largest absolute Gasteiger partial charge is 0.326 e. The molecule has 0 saturated carbocycles. The van der Waals surface area contributed by atoms with Gasteiger partial charge in [-0.25, -0.2) is 4.79 Å². The van der Waals surface area contributed by atoms with Crippen LogP contribution in [0, 0.1) is 5.92 Å². The predicted octanol–water partition coefficient (Wildman–Crippen LogP) is 4.69. The molecule has 1 heterocycles. The Hall–Kier alpha value is -2.82. The van der Waals surface area contributed by atoms with Gasteiger partial charge in [0.2, 0.25) is 5.91 Å². The van der Waals surface area contributed by atoms with Crippen LogP contribution in [-0.2, 0) is 4.79 Å². The fourth-order valence-corrected chi connectivity index (χ4v) is 3.45. The summed E-state index contributed by atoms with van der Waals surface area (Å²) in [5.41, 5.74) is 2.75. The summed E-state index contributed by atoms with van der Waals surface area (Å²) in [5.74, 6) is 0.127. The van der Waals surface area contributed by atoms with Crippen LogP contribution in [0.4, 0.5) is 16.2 Å². The van der Waals surface area contributed by atoms with Crippen LogP contribution in [0.25, 0.3) is 0 Å². The van der Waals surface area contributed by atoms with E-state index in [0.29, 0.717) is 19.0 Å². The van der Waals surface area contributed by atoms with Crippen molar-refractivity contribution in [3.8, 4) is 0 Å². The van der Waals surface area contributed by atoms with Gasteiger partial charge in [0.05, 0.1) is 5.92 Å². The Kier molecular flexibility index (Phi) is 6.12. The highest BCUT2D eigenvalue weighted by Gasteiger charge is 2.29. The highest BCUT2D eigenvalue weighted by atomic mass is 16.2. The highest BCUT2D eigenvalue weighted by Crippen LogP contribution is 2.25. The summed E-state index contributed by atoms with van der Waals surface area (Å²) < 4.78 is 0. The summed E-state index contributed by atoms with van der Waals surface area (Å²) in [7, 11) is 0. The number of piperidine rings is 1. The van der Waals surface area contributed by atoms with E-state index >= 15 is 0 Å². The van der Waals surface area contributed by atoms with Gasteiger partial charge in [0.1, 0.15) is 0 Å². The number of benzene rings is 2. The monoisotopic (exact) mass is 365 g/mol. The molecule has 2 aromatic carbocycles. The van der Waals surface area contributed by atoms with Gasteiger partial charge in [-0.15, -0.1) is 0 Å².